The van der Waals surface area contributed by atoms with Gasteiger partial charge in [0.1, 0.15) is 5.60 Å². The first-order valence-electron chi connectivity index (χ1n) is 4.10. The van der Waals surface area contributed by atoms with E-state index in [2.05, 4.69) is 0 Å². The van der Waals surface area contributed by atoms with Crippen molar-refractivity contribution in [2.45, 2.75) is 12.0 Å². The van der Waals surface area contributed by atoms with Gasteiger partial charge in [0.05, 0.1) is 15.8 Å². The van der Waals surface area contributed by atoms with Crippen LogP contribution in [0.5, 0.6) is 0 Å². The molecule has 0 amide bonds. The first-order chi connectivity index (χ1) is 6.41. The van der Waals surface area contributed by atoms with Crippen LogP contribution in [-0.2, 0) is 15.4 Å². The van der Waals surface area contributed by atoms with E-state index in [1.807, 2.05) is 0 Å². The summed E-state index contributed by atoms with van der Waals surface area (Å²) < 4.78 is 23.0. The average Bonchev–Trinajstić information content (AvgIpc) is 2.57. The molecule has 0 aliphatic carbocycles. The van der Waals surface area contributed by atoms with Crippen LogP contribution in [0.3, 0.4) is 0 Å². The van der Waals surface area contributed by atoms with Gasteiger partial charge in [-0.3, -0.25) is 0 Å². The molecule has 0 aromatic carbocycles. The molecule has 1 aromatic rings. The molecule has 0 saturated carbocycles. The zero-order chi connectivity index (χ0) is 10.4. The maximum Gasteiger partial charge on any atom is 0.153 e. The number of hydrogen-bond acceptors (Lipinski definition) is 4. The predicted molar refractivity (Wildman–Crippen MR) is 56.5 cm³/mol. The lowest BCUT2D eigenvalue weighted by Crippen LogP contribution is -2.25. The van der Waals surface area contributed by atoms with E-state index in [1.165, 1.54) is 11.3 Å². The summed E-state index contributed by atoms with van der Waals surface area (Å²) >= 11 is 6.97. The van der Waals surface area contributed by atoms with Gasteiger partial charge in [-0.05, 0) is 18.6 Å². The Morgan fingerprint density at radius 1 is 1.50 bits per heavy atom. The van der Waals surface area contributed by atoms with E-state index in [0.717, 1.165) is 0 Å². The number of aliphatic hydroxyl groups is 1. The maximum absolute atomic E-state index is 11.2. The molecule has 1 unspecified atom stereocenters. The summed E-state index contributed by atoms with van der Waals surface area (Å²) in [5.74, 6) is -0.129. The van der Waals surface area contributed by atoms with Crippen LogP contribution in [0.15, 0.2) is 12.1 Å². The Hall–Kier alpha value is -0.100. The van der Waals surface area contributed by atoms with Crippen LogP contribution in [0.4, 0.5) is 0 Å². The smallest absolute Gasteiger partial charge is 0.153 e. The molecule has 6 heteroatoms. The molecule has 14 heavy (non-hydrogen) atoms. The quantitative estimate of drug-likeness (QED) is 0.822. The van der Waals surface area contributed by atoms with E-state index in [-0.39, 0.29) is 17.9 Å². The Morgan fingerprint density at radius 2 is 2.21 bits per heavy atom. The van der Waals surface area contributed by atoms with Crippen LogP contribution < -0.4 is 0 Å². The Bertz CT molecular complexity index is 451. The maximum atomic E-state index is 11.2. The van der Waals surface area contributed by atoms with Crippen LogP contribution in [0, 0.1) is 0 Å². The molecule has 1 aliphatic rings. The predicted octanol–water partition coefficient (Wildman–Crippen LogP) is 1.41. The molecular formula is C8H9ClO3S2. The molecule has 2 rings (SSSR count). The second-order valence-electron chi connectivity index (χ2n) is 3.48. The molecular weight excluding hydrogens is 244 g/mol. The van der Waals surface area contributed by atoms with Crippen molar-refractivity contribution in [3.05, 3.63) is 21.3 Å². The number of rotatable bonds is 1. The SMILES string of the molecule is O=S1(=O)CCC(O)(c2ccc(Cl)s2)C1. The summed E-state index contributed by atoms with van der Waals surface area (Å²) in [7, 11) is -3.08. The molecule has 1 saturated heterocycles. The van der Waals surface area contributed by atoms with Gasteiger partial charge in [0.25, 0.3) is 0 Å². The van der Waals surface area contributed by atoms with Gasteiger partial charge in [-0.2, -0.15) is 0 Å². The van der Waals surface area contributed by atoms with Gasteiger partial charge in [-0.15, -0.1) is 11.3 Å². The Labute approximate surface area is 91.2 Å². The topological polar surface area (TPSA) is 54.4 Å². The highest BCUT2D eigenvalue weighted by Gasteiger charge is 2.42. The number of thiophene rings is 1. The Balaban J connectivity index is 2.36. The van der Waals surface area contributed by atoms with Crippen LogP contribution in [0.1, 0.15) is 11.3 Å². The van der Waals surface area contributed by atoms with Gasteiger partial charge in [-0.25, -0.2) is 8.42 Å². The third-order valence-corrected chi connectivity index (χ3v) is 5.49. The highest BCUT2D eigenvalue weighted by atomic mass is 35.5. The van der Waals surface area contributed by atoms with Crippen molar-refractivity contribution in [3.63, 3.8) is 0 Å². The zero-order valence-electron chi connectivity index (χ0n) is 7.23. The minimum absolute atomic E-state index is 0.0546. The number of halogens is 1. The molecule has 1 N–H and O–H groups in total. The van der Waals surface area contributed by atoms with E-state index in [9.17, 15) is 13.5 Å². The van der Waals surface area contributed by atoms with E-state index < -0.39 is 15.4 Å². The monoisotopic (exact) mass is 252 g/mol. The van der Waals surface area contributed by atoms with Crippen molar-refractivity contribution in [2.24, 2.45) is 0 Å². The summed E-state index contributed by atoms with van der Waals surface area (Å²) in [6.45, 7) is 0. The van der Waals surface area contributed by atoms with E-state index in [1.54, 1.807) is 12.1 Å². The molecule has 1 atom stereocenters. The van der Waals surface area contributed by atoms with E-state index in [0.29, 0.717) is 9.21 Å². The van der Waals surface area contributed by atoms with Crippen LogP contribution in [0.25, 0.3) is 0 Å². The molecule has 0 spiro atoms. The highest BCUT2D eigenvalue weighted by Crippen LogP contribution is 2.38. The fraction of sp³-hybridized carbons (Fsp3) is 0.500. The second-order valence-corrected chi connectivity index (χ2v) is 7.38. The van der Waals surface area contributed by atoms with Crippen molar-refractivity contribution in [2.75, 3.05) is 11.5 Å². The van der Waals surface area contributed by atoms with Gasteiger partial charge in [0, 0.05) is 4.88 Å². The van der Waals surface area contributed by atoms with Gasteiger partial charge >= 0.3 is 0 Å². The van der Waals surface area contributed by atoms with E-state index in [4.69, 9.17) is 11.6 Å². The second kappa shape index (κ2) is 3.20. The fourth-order valence-electron chi connectivity index (χ4n) is 1.59. The first-order valence-corrected chi connectivity index (χ1v) is 7.12. The summed E-state index contributed by atoms with van der Waals surface area (Å²) in [5, 5.41) is 10.1. The highest BCUT2D eigenvalue weighted by molar-refractivity contribution is 7.91. The van der Waals surface area contributed by atoms with Crippen LogP contribution >= 0.6 is 22.9 Å². The lowest BCUT2D eigenvalue weighted by Gasteiger charge is -2.18. The first kappa shape index (κ1) is 10.4. The summed E-state index contributed by atoms with van der Waals surface area (Å²) in [5.41, 5.74) is -1.21. The van der Waals surface area contributed by atoms with Gasteiger partial charge in [-0.1, -0.05) is 11.6 Å². The van der Waals surface area contributed by atoms with Crippen molar-refractivity contribution < 1.29 is 13.5 Å². The van der Waals surface area contributed by atoms with Crippen LogP contribution in [0.2, 0.25) is 4.34 Å². The van der Waals surface area contributed by atoms with Gasteiger partial charge < -0.3 is 5.11 Å². The zero-order valence-corrected chi connectivity index (χ0v) is 9.62. The third-order valence-electron chi connectivity index (χ3n) is 2.32. The molecule has 78 valence electrons. The summed E-state index contributed by atoms with van der Waals surface area (Å²) in [4.78, 5) is 0.642. The Kier molecular flexibility index (Phi) is 2.38. The van der Waals surface area contributed by atoms with Crippen molar-refractivity contribution in [1.29, 1.82) is 0 Å². The van der Waals surface area contributed by atoms with Crippen molar-refractivity contribution in [1.82, 2.24) is 0 Å². The minimum Gasteiger partial charge on any atom is -0.383 e. The molecule has 1 aromatic heterocycles. The standard InChI is InChI=1S/C8H9ClO3S2/c9-7-2-1-6(13-7)8(10)3-4-14(11,12)5-8/h1-2,10H,3-5H2. The lowest BCUT2D eigenvalue weighted by atomic mass is 10.0. The molecule has 1 fully saturated rings. The third kappa shape index (κ3) is 1.82. The summed E-state index contributed by atoms with van der Waals surface area (Å²) in [6, 6.07) is 3.36. The average molecular weight is 253 g/mol. The molecule has 0 radical (unpaired) electrons. The number of hydrogen-bond donors (Lipinski definition) is 1. The lowest BCUT2D eigenvalue weighted by molar-refractivity contribution is 0.0692. The summed E-state index contributed by atoms with van der Waals surface area (Å²) in [6.07, 6.45) is 0.270. The minimum atomic E-state index is -3.08. The van der Waals surface area contributed by atoms with Crippen molar-refractivity contribution >= 4 is 32.8 Å². The van der Waals surface area contributed by atoms with E-state index >= 15 is 0 Å². The largest absolute Gasteiger partial charge is 0.383 e. The Morgan fingerprint density at radius 3 is 2.64 bits per heavy atom. The molecule has 3 nitrogen and oxygen atoms in total. The fourth-order valence-corrected chi connectivity index (χ4v) is 4.66. The molecule has 1 aliphatic heterocycles. The molecule has 2 heterocycles. The van der Waals surface area contributed by atoms with Gasteiger partial charge in [0.2, 0.25) is 0 Å². The van der Waals surface area contributed by atoms with Crippen LogP contribution in [-0.4, -0.2) is 25.0 Å². The van der Waals surface area contributed by atoms with Gasteiger partial charge in [0.15, 0.2) is 9.84 Å². The molecule has 0 bridgehead atoms. The van der Waals surface area contributed by atoms with Crippen molar-refractivity contribution in [3.8, 4) is 0 Å². The number of sulfone groups is 1. The normalized spacial score (nSPS) is 30.7.